The molecule has 1 aromatic carbocycles. The lowest BCUT2D eigenvalue weighted by Gasteiger charge is -2.25. The van der Waals surface area contributed by atoms with E-state index in [0.29, 0.717) is 5.92 Å². The predicted octanol–water partition coefficient (Wildman–Crippen LogP) is 2.08. The average Bonchev–Trinajstić information content (AvgIpc) is 2.96. The van der Waals surface area contributed by atoms with Crippen LogP contribution in [0.4, 0.5) is 0 Å². The van der Waals surface area contributed by atoms with E-state index >= 15 is 0 Å². The highest BCUT2D eigenvalue weighted by atomic mass is 16.5. The van der Waals surface area contributed by atoms with Crippen molar-refractivity contribution in [3.63, 3.8) is 0 Å². The third-order valence-electron chi connectivity index (χ3n) is 4.38. The molecule has 0 N–H and O–H groups in total. The Morgan fingerprint density at radius 1 is 1.30 bits per heavy atom. The third-order valence-corrected chi connectivity index (χ3v) is 4.38. The van der Waals surface area contributed by atoms with Crippen LogP contribution in [0.15, 0.2) is 36.9 Å². The molecule has 6 heteroatoms. The molecular weight excluding hydrogens is 292 g/mol. The summed E-state index contributed by atoms with van der Waals surface area (Å²) >= 11 is 0. The number of rotatable bonds is 4. The van der Waals surface area contributed by atoms with Crippen LogP contribution in [-0.2, 0) is 11.3 Å². The fourth-order valence-corrected chi connectivity index (χ4v) is 3.07. The fraction of sp³-hybridized carbons (Fsp3) is 0.471. The summed E-state index contributed by atoms with van der Waals surface area (Å²) in [6.07, 6.45) is 6.34. The first-order valence-electron chi connectivity index (χ1n) is 8.00. The van der Waals surface area contributed by atoms with Crippen LogP contribution in [0.2, 0.25) is 0 Å². The van der Waals surface area contributed by atoms with Crippen molar-refractivity contribution in [2.75, 3.05) is 20.2 Å². The summed E-state index contributed by atoms with van der Waals surface area (Å²) in [5, 5.41) is 4.01. The van der Waals surface area contributed by atoms with Gasteiger partial charge in [-0.1, -0.05) is 18.6 Å². The number of carbonyl (C=O) groups is 1. The van der Waals surface area contributed by atoms with E-state index in [1.54, 1.807) is 18.1 Å². The summed E-state index contributed by atoms with van der Waals surface area (Å²) < 4.78 is 6.80. The molecule has 23 heavy (non-hydrogen) atoms. The van der Waals surface area contributed by atoms with Gasteiger partial charge < -0.3 is 9.64 Å². The van der Waals surface area contributed by atoms with E-state index in [2.05, 4.69) is 22.2 Å². The van der Waals surface area contributed by atoms with Crippen LogP contribution in [0.25, 0.3) is 0 Å². The second-order valence-corrected chi connectivity index (χ2v) is 5.90. The monoisotopic (exact) mass is 314 g/mol. The van der Waals surface area contributed by atoms with E-state index in [0.717, 1.165) is 38.1 Å². The van der Waals surface area contributed by atoms with E-state index in [-0.39, 0.29) is 12.5 Å². The number of hydrogen-bond donors (Lipinski definition) is 0. The minimum absolute atomic E-state index is 0.107. The quantitative estimate of drug-likeness (QED) is 0.867. The highest BCUT2D eigenvalue weighted by Gasteiger charge is 2.23. The smallest absolute Gasteiger partial charge is 0.244 e. The van der Waals surface area contributed by atoms with Gasteiger partial charge in [0.05, 0.1) is 7.11 Å². The minimum Gasteiger partial charge on any atom is -0.497 e. The Bertz CT molecular complexity index is 625. The molecule has 122 valence electrons. The number of methoxy groups -OCH3 is 1. The van der Waals surface area contributed by atoms with Gasteiger partial charge in [0.1, 0.15) is 24.9 Å². The zero-order valence-corrected chi connectivity index (χ0v) is 13.4. The molecule has 1 amide bonds. The normalized spacial score (nSPS) is 18.5. The van der Waals surface area contributed by atoms with Crippen LogP contribution in [0.5, 0.6) is 5.75 Å². The maximum atomic E-state index is 12.5. The molecule has 1 aromatic heterocycles. The van der Waals surface area contributed by atoms with E-state index in [9.17, 15) is 4.79 Å². The molecule has 2 aromatic rings. The predicted molar refractivity (Wildman–Crippen MR) is 86.2 cm³/mol. The van der Waals surface area contributed by atoms with Crippen LogP contribution in [0.1, 0.15) is 30.7 Å². The Morgan fingerprint density at radius 2 is 2.13 bits per heavy atom. The number of benzene rings is 1. The molecule has 0 spiro atoms. The van der Waals surface area contributed by atoms with E-state index < -0.39 is 0 Å². The van der Waals surface area contributed by atoms with Crippen LogP contribution >= 0.6 is 0 Å². The van der Waals surface area contributed by atoms with Gasteiger partial charge in [-0.15, -0.1) is 0 Å². The number of amides is 1. The van der Waals surface area contributed by atoms with Gasteiger partial charge >= 0.3 is 0 Å². The first kappa shape index (κ1) is 15.5. The maximum Gasteiger partial charge on any atom is 0.244 e. The van der Waals surface area contributed by atoms with E-state index in [4.69, 9.17) is 4.74 Å². The molecule has 1 unspecified atom stereocenters. The van der Waals surface area contributed by atoms with Crippen molar-refractivity contribution in [2.45, 2.75) is 31.7 Å². The first-order chi connectivity index (χ1) is 11.3. The van der Waals surface area contributed by atoms with E-state index in [1.165, 1.54) is 11.9 Å². The number of carbonyl (C=O) groups excluding carboxylic acids is 1. The lowest BCUT2D eigenvalue weighted by Crippen LogP contribution is -2.36. The Hall–Kier alpha value is -2.37. The van der Waals surface area contributed by atoms with Gasteiger partial charge in [0.25, 0.3) is 0 Å². The summed E-state index contributed by atoms with van der Waals surface area (Å²) in [4.78, 5) is 18.4. The molecule has 0 saturated carbocycles. The van der Waals surface area contributed by atoms with Crippen LogP contribution < -0.4 is 4.74 Å². The van der Waals surface area contributed by atoms with Gasteiger partial charge in [-0.25, -0.2) is 9.67 Å². The van der Waals surface area contributed by atoms with Crippen molar-refractivity contribution in [1.82, 2.24) is 19.7 Å². The molecule has 0 bridgehead atoms. The van der Waals surface area contributed by atoms with Crippen LogP contribution in [0.3, 0.4) is 0 Å². The lowest BCUT2D eigenvalue weighted by molar-refractivity contribution is -0.132. The van der Waals surface area contributed by atoms with Gasteiger partial charge in [-0.05, 0) is 30.5 Å². The van der Waals surface area contributed by atoms with Crippen molar-refractivity contribution in [1.29, 1.82) is 0 Å². The molecule has 6 nitrogen and oxygen atoms in total. The summed E-state index contributed by atoms with van der Waals surface area (Å²) in [7, 11) is 1.67. The molecule has 1 aliphatic heterocycles. The van der Waals surface area contributed by atoms with E-state index in [1.807, 2.05) is 17.0 Å². The maximum absolute atomic E-state index is 12.5. The molecule has 1 aliphatic rings. The minimum atomic E-state index is 0.107. The zero-order valence-electron chi connectivity index (χ0n) is 13.4. The standard InChI is InChI=1S/C17H22N4O2/c1-23-16-7-5-14(6-8-16)15-4-2-3-9-20(10-15)17(22)11-21-13-18-12-19-21/h5-8,12-13,15H,2-4,9-11H2,1H3. The first-order valence-corrected chi connectivity index (χ1v) is 8.00. The molecule has 3 rings (SSSR count). The van der Waals surface area contributed by atoms with Gasteiger partial charge in [-0.3, -0.25) is 4.79 Å². The highest BCUT2D eigenvalue weighted by Crippen LogP contribution is 2.28. The number of nitrogens with zero attached hydrogens (tertiary/aromatic N) is 4. The molecular formula is C17H22N4O2. The molecule has 1 fully saturated rings. The van der Waals surface area contributed by atoms with Crippen LogP contribution in [-0.4, -0.2) is 45.8 Å². The third kappa shape index (κ3) is 3.88. The second-order valence-electron chi connectivity index (χ2n) is 5.90. The van der Waals surface area contributed by atoms with Gasteiger partial charge in [0, 0.05) is 19.0 Å². The number of hydrogen-bond acceptors (Lipinski definition) is 4. The van der Waals surface area contributed by atoms with Crippen molar-refractivity contribution >= 4 is 5.91 Å². The SMILES string of the molecule is COc1ccc(C2CCCCN(C(=O)Cn3cncn3)C2)cc1. The largest absolute Gasteiger partial charge is 0.497 e. The molecule has 1 saturated heterocycles. The van der Waals surface area contributed by atoms with Gasteiger partial charge in [0.2, 0.25) is 5.91 Å². The van der Waals surface area contributed by atoms with Crippen molar-refractivity contribution in [2.24, 2.45) is 0 Å². The molecule has 0 radical (unpaired) electrons. The van der Waals surface area contributed by atoms with Gasteiger partial charge in [-0.2, -0.15) is 5.10 Å². The fourth-order valence-electron chi connectivity index (χ4n) is 3.07. The van der Waals surface area contributed by atoms with Crippen molar-refractivity contribution in [3.05, 3.63) is 42.5 Å². The lowest BCUT2D eigenvalue weighted by atomic mass is 9.94. The average molecular weight is 314 g/mol. The van der Waals surface area contributed by atoms with Gasteiger partial charge in [0.15, 0.2) is 0 Å². The number of likely N-dealkylation sites (tertiary alicyclic amines) is 1. The molecule has 2 heterocycles. The summed E-state index contributed by atoms with van der Waals surface area (Å²) in [6.45, 7) is 1.84. The second kappa shape index (κ2) is 7.26. The summed E-state index contributed by atoms with van der Waals surface area (Å²) in [5.74, 6) is 1.35. The van der Waals surface area contributed by atoms with Crippen molar-refractivity contribution in [3.8, 4) is 5.75 Å². The summed E-state index contributed by atoms with van der Waals surface area (Å²) in [5.41, 5.74) is 1.27. The highest BCUT2D eigenvalue weighted by molar-refractivity contribution is 5.76. The number of aromatic nitrogens is 3. The summed E-state index contributed by atoms with van der Waals surface area (Å²) in [6, 6.07) is 8.19. The number of ether oxygens (including phenoxy) is 1. The van der Waals surface area contributed by atoms with Crippen molar-refractivity contribution < 1.29 is 9.53 Å². The van der Waals surface area contributed by atoms with Crippen LogP contribution in [0, 0.1) is 0 Å². The Kier molecular flexibility index (Phi) is 4.90. The zero-order chi connectivity index (χ0) is 16.1. The Morgan fingerprint density at radius 3 is 2.83 bits per heavy atom. The molecule has 0 aliphatic carbocycles. The Labute approximate surface area is 136 Å². The Balaban J connectivity index is 1.68. The topological polar surface area (TPSA) is 60.2 Å². The molecule has 1 atom stereocenters.